The van der Waals surface area contributed by atoms with Crippen molar-refractivity contribution >= 4 is 0 Å². The zero-order valence-electron chi connectivity index (χ0n) is 3.62. The van der Waals surface area contributed by atoms with Gasteiger partial charge in [-0.1, -0.05) is 0 Å². The van der Waals surface area contributed by atoms with Crippen LogP contribution in [0.5, 0.6) is 0 Å². The maximum atomic E-state index is 7.62. The summed E-state index contributed by atoms with van der Waals surface area (Å²) in [6.45, 7) is 0. The molecule has 0 radical (unpaired) electrons. The molecule has 0 unspecified atom stereocenters. The van der Waals surface area contributed by atoms with Gasteiger partial charge in [-0.3, -0.25) is 0 Å². The molecule has 5 heteroatoms. The van der Waals surface area contributed by atoms with Crippen LogP contribution in [0.2, 0.25) is 0 Å². The Hall–Kier alpha value is -0.438. The molecule has 0 aliphatic rings. The first kappa shape index (κ1) is 16.0. The van der Waals surface area contributed by atoms with Crippen LogP contribution < -0.4 is 12.3 Å². The van der Waals surface area contributed by atoms with Gasteiger partial charge in [-0.05, 0) is 0 Å². The van der Waals surface area contributed by atoms with Crippen molar-refractivity contribution in [3.63, 3.8) is 0 Å². The van der Waals surface area contributed by atoms with Crippen LogP contribution in [0.4, 0.5) is 0 Å². The summed E-state index contributed by atoms with van der Waals surface area (Å²) in [7, 11) is 0. The molecule has 0 aromatic carbocycles. The maximum absolute atomic E-state index is 7.62. The average molecular weight is 193 g/mol. The van der Waals surface area contributed by atoms with E-state index in [1.807, 2.05) is 0 Å². The summed E-state index contributed by atoms with van der Waals surface area (Å²) in [6.07, 6.45) is 0. The van der Waals surface area contributed by atoms with Crippen LogP contribution >= 0.6 is 0 Å². The first-order valence-corrected chi connectivity index (χ1v) is 2.32. The third-order valence-corrected chi connectivity index (χ3v) is 0.418. The van der Waals surface area contributed by atoms with E-state index in [4.69, 9.17) is 10.5 Å². The van der Waals surface area contributed by atoms with Gasteiger partial charge in [-0.2, -0.15) is 0 Å². The van der Waals surface area contributed by atoms with Gasteiger partial charge in [0.15, 0.2) is 0 Å². The standard InChI is InChI=1S/2CN.2H3N.Pd/c2*1-2;;;/h;;2*1H3;. The number of nitriles is 2. The fraction of sp³-hybridized carbons (Fsp3) is 0. The summed E-state index contributed by atoms with van der Waals surface area (Å²) < 4.78 is 3.41. The number of nitrogens with zero attached hydrogens (tertiary/aromatic N) is 2. The van der Waals surface area contributed by atoms with Gasteiger partial charge in [-0.15, -0.1) is 0 Å². The third kappa shape index (κ3) is 28.9. The van der Waals surface area contributed by atoms with Crippen LogP contribution in [-0.2, 0) is 18.0 Å². The van der Waals surface area contributed by atoms with Gasteiger partial charge in [0.1, 0.15) is 0 Å². The molecular weight excluding hydrogens is 186 g/mol. The van der Waals surface area contributed by atoms with E-state index < -0.39 is 0 Å². The van der Waals surface area contributed by atoms with Crippen molar-refractivity contribution in [1.29, 1.82) is 10.5 Å². The molecule has 7 heavy (non-hydrogen) atoms. The van der Waals surface area contributed by atoms with Crippen LogP contribution in [0.15, 0.2) is 0 Å². The molecule has 0 saturated heterocycles. The van der Waals surface area contributed by atoms with E-state index in [-0.39, 0.29) is 30.3 Å². The first-order chi connectivity index (χ1) is 2.41. The van der Waals surface area contributed by atoms with E-state index in [0.717, 1.165) is 0 Å². The number of hydrogen-bond donors (Lipinski definition) is 2. The van der Waals surface area contributed by atoms with E-state index in [9.17, 15) is 0 Å². The van der Waals surface area contributed by atoms with Gasteiger partial charge in [-0.25, -0.2) is 0 Å². The Morgan fingerprint density at radius 3 is 1.29 bits per heavy atom. The van der Waals surface area contributed by atoms with Gasteiger partial charge >= 0.3 is 37.6 Å². The minimum absolute atomic E-state index is 0. The van der Waals surface area contributed by atoms with Crippen molar-refractivity contribution in [2.24, 2.45) is 0 Å². The van der Waals surface area contributed by atoms with Crippen molar-refractivity contribution in [1.82, 2.24) is 12.3 Å². The summed E-state index contributed by atoms with van der Waals surface area (Å²) in [6, 6.07) is 0. The molecule has 0 aliphatic heterocycles. The summed E-state index contributed by atoms with van der Waals surface area (Å²) in [5, 5.41) is 15.2. The van der Waals surface area contributed by atoms with Gasteiger partial charge in [0.25, 0.3) is 0 Å². The van der Waals surface area contributed by atoms with Crippen LogP contribution in [0.25, 0.3) is 0 Å². The van der Waals surface area contributed by atoms with Crippen molar-refractivity contribution in [2.75, 3.05) is 0 Å². The van der Waals surface area contributed by atoms with Crippen molar-refractivity contribution in [2.45, 2.75) is 0 Å². The Balaban J connectivity index is -0.0000000800. The second-order valence-electron chi connectivity index (χ2n) is 0.220. The normalized spacial score (nSPS) is 3.71. The topological polar surface area (TPSA) is 118 Å². The monoisotopic (exact) mass is 192 g/mol. The third-order valence-electron chi connectivity index (χ3n) is 0.0707. The second-order valence-corrected chi connectivity index (χ2v) is 1.30. The molecule has 44 valence electrons. The van der Waals surface area contributed by atoms with E-state index in [1.54, 1.807) is 9.08 Å². The van der Waals surface area contributed by atoms with Crippen LogP contribution in [0.3, 0.4) is 0 Å². The van der Waals surface area contributed by atoms with Crippen molar-refractivity contribution in [3.05, 3.63) is 0 Å². The van der Waals surface area contributed by atoms with E-state index in [0.29, 0.717) is 0 Å². The molecule has 0 heterocycles. The summed E-state index contributed by atoms with van der Waals surface area (Å²) in [5.74, 6) is 0. The van der Waals surface area contributed by atoms with Gasteiger partial charge in [0.05, 0.1) is 0 Å². The van der Waals surface area contributed by atoms with E-state index >= 15 is 0 Å². The second kappa shape index (κ2) is 17.6. The zero-order valence-corrected chi connectivity index (χ0v) is 5.18. The summed E-state index contributed by atoms with van der Waals surface area (Å²) >= 11 is -0.344. The first-order valence-electron chi connectivity index (χ1n) is 0.763. The zero-order chi connectivity index (χ0) is 4.12. The van der Waals surface area contributed by atoms with Crippen molar-refractivity contribution < 1.29 is 18.0 Å². The number of hydrogen-bond acceptors (Lipinski definition) is 4. The molecule has 0 aromatic rings. The van der Waals surface area contributed by atoms with E-state index in [2.05, 4.69) is 0 Å². The van der Waals surface area contributed by atoms with Gasteiger partial charge in [0, 0.05) is 0 Å². The molecule has 0 fully saturated rings. The molecule has 0 saturated carbocycles. The summed E-state index contributed by atoms with van der Waals surface area (Å²) in [5.41, 5.74) is 0. The molecule has 4 nitrogen and oxygen atoms in total. The molecule has 0 bridgehead atoms. The molecule has 0 rings (SSSR count). The quantitative estimate of drug-likeness (QED) is 0.539. The molecule has 0 amide bonds. The molecule has 0 aromatic heterocycles. The van der Waals surface area contributed by atoms with Gasteiger partial charge < -0.3 is 12.3 Å². The predicted octanol–water partition coefficient (Wildman–Crippen LogP) is 0.355. The molecule has 0 spiro atoms. The molecule has 0 atom stereocenters. The number of rotatable bonds is 0. The fourth-order valence-electron chi connectivity index (χ4n) is 0.0158. The van der Waals surface area contributed by atoms with Crippen LogP contribution in [-0.4, -0.2) is 0 Å². The van der Waals surface area contributed by atoms with Crippen LogP contribution in [0, 0.1) is 19.6 Å². The Kier molecular flexibility index (Phi) is 40.3. The summed E-state index contributed by atoms with van der Waals surface area (Å²) in [4.78, 5) is 0. The Morgan fingerprint density at radius 2 is 1.29 bits per heavy atom. The Bertz CT molecular complexity index is 74.8. The molecular formula is C2H6N4Pd. The van der Waals surface area contributed by atoms with Gasteiger partial charge in [0.2, 0.25) is 0 Å². The van der Waals surface area contributed by atoms with E-state index in [1.165, 1.54) is 0 Å². The van der Waals surface area contributed by atoms with Crippen LogP contribution in [0.1, 0.15) is 0 Å². The Morgan fingerprint density at radius 1 is 1.00 bits per heavy atom. The minimum atomic E-state index is -0.344. The average Bonchev–Trinajstić information content (AvgIpc) is 1.41. The molecule has 0 aliphatic carbocycles. The Labute approximate surface area is 50.4 Å². The SMILES string of the molecule is N.N.N#[C][Pd][C]#N. The van der Waals surface area contributed by atoms with Crippen molar-refractivity contribution in [3.8, 4) is 9.08 Å². The fourth-order valence-corrected chi connectivity index (χ4v) is 0.0935. The molecule has 6 N–H and O–H groups in total. The predicted molar refractivity (Wildman–Crippen MR) is 21.3 cm³/mol.